The van der Waals surface area contributed by atoms with Crippen molar-refractivity contribution < 1.29 is 27.9 Å². The molecule has 1 unspecified atom stereocenters. The molecule has 1 amide bonds. The minimum atomic E-state index is -5.03. The fourth-order valence-electron chi connectivity index (χ4n) is 1.10. The predicted octanol–water partition coefficient (Wildman–Crippen LogP) is 1.26. The zero-order valence-corrected chi connectivity index (χ0v) is 8.34. The van der Waals surface area contributed by atoms with Crippen LogP contribution in [0, 0.1) is 0 Å². The standard InChI is InChI=1S/C8H12F3NO3/c1-3-4-5(6(13)14)12(2)7(15)8(9,10)11/h5H,3-4H2,1-2H3,(H,13,14). The average molecular weight is 227 g/mol. The number of carboxylic acids is 1. The van der Waals surface area contributed by atoms with Crippen LogP contribution >= 0.6 is 0 Å². The van der Waals surface area contributed by atoms with Crippen molar-refractivity contribution in [2.45, 2.75) is 32.0 Å². The molecule has 1 N–H and O–H groups in total. The van der Waals surface area contributed by atoms with E-state index in [4.69, 9.17) is 5.11 Å². The van der Waals surface area contributed by atoms with E-state index in [0.29, 0.717) is 6.42 Å². The first-order valence-corrected chi connectivity index (χ1v) is 4.28. The molecule has 0 spiro atoms. The molecule has 0 aliphatic rings. The predicted molar refractivity (Wildman–Crippen MR) is 45.2 cm³/mol. The highest BCUT2D eigenvalue weighted by atomic mass is 19.4. The third-order valence-electron chi connectivity index (χ3n) is 1.88. The van der Waals surface area contributed by atoms with Crippen LogP contribution in [0.3, 0.4) is 0 Å². The number of alkyl halides is 3. The molecule has 88 valence electrons. The minimum Gasteiger partial charge on any atom is -0.480 e. The lowest BCUT2D eigenvalue weighted by molar-refractivity contribution is -0.188. The maximum Gasteiger partial charge on any atom is 0.471 e. The molecule has 0 rings (SSSR count). The fraction of sp³-hybridized carbons (Fsp3) is 0.750. The van der Waals surface area contributed by atoms with E-state index in [9.17, 15) is 22.8 Å². The van der Waals surface area contributed by atoms with Crippen molar-refractivity contribution in [1.82, 2.24) is 4.90 Å². The second kappa shape index (κ2) is 4.99. The lowest BCUT2D eigenvalue weighted by atomic mass is 10.1. The van der Waals surface area contributed by atoms with Crippen molar-refractivity contribution in [1.29, 1.82) is 0 Å². The molecule has 7 heteroatoms. The smallest absolute Gasteiger partial charge is 0.471 e. The van der Waals surface area contributed by atoms with Crippen LogP contribution in [-0.4, -0.2) is 41.1 Å². The molecular weight excluding hydrogens is 215 g/mol. The summed E-state index contributed by atoms with van der Waals surface area (Å²) in [6.07, 6.45) is -4.66. The molecule has 0 bridgehead atoms. The van der Waals surface area contributed by atoms with Crippen LogP contribution in [0.15, 0.2) is 0 Å². The number of halogens is 3. The first kappa shape index (κ1) is 13.7. The summed E-state index contributed by atoms with van der Waals surface area (Å²) < 4.78 is 35.9. The van der Waals surface area contributed by atoms with Crippen LogP contribution < -0.4 is 0 Å². The Morgan fingerprint density at radius 2 is 1.87 bits per heavy atom. The normalized spacial score (nSPS) is 13.4. The van der Waals surface area contributed by atoms with Crippen molar-refractivity contribution in [3.8, 4) is 0 Å². The van der Waals surface area contributed by atoms with Gasteiger partial charge in [0.15, 0.2) is 0 Å². The molecule has 0 aromatic heterocycles. The topological polar surface area (TPSA) is 57.6 Å². The number of nitrogens with zero attached hydrogens (tertiary/aromatic N) is 1. The lowest BCUT2D eigenvalue weighted by Crippen LogP contribution is -2.47. The van der Waals surface area contributed by atoms with Gasteiger partial charge in [-0.05, 0) is 6.42 Å². The maximum atomic E-state index is 12.0. The second-order valence-corrected chi connectivity index (χ2v) is 3.06. The number of rotatable bonds is 4. The molecule has 0 heterocycles. The highest BCUT2D eigenvalue weighted by Crippen LogP contribution is 2.20. The Balaban J connectivity index is 4.71. The van der Waals surface area contributed by atoms with Crippen LogP contribution in [0.4, 0.5) is 13.2 Å². The van der Waals surface area contributed by atoms with Crippen LogP contribution in [0.5, 0.6) is 0 Å². The van der Waals surface area contributed by atoms with Gasteiger partial charge in [0, 0.05) is 7.05 Å². The molecule has 0 saturated heterocycles. The summed E-state index contributed by atoms with van der Waals surface area (Å²) in [5.41, 5.74) is 0. The fourth-order valence-corrected chi connectivity index (χ4v) is 1.10. The van der Waals surface area contributed by atoms with Crippen LogP contribution in [0.1, 0.15) is 19.8 Å². The van der Waals surface area contributed by atoms with Crippen LogP contribution in [0.2, 0.25) is 0 Å². The van der Waals surface area contributed by atoms with Gasteiger partial charge in [0.1, 0.15) is 6.04 Å². The van der Waals surface area contributed by atoms with Gasteiger partial charge in [-0.3, -0.25) is 4.79 Å². The summed E-state index contributed by atoms with van der Waals surface area (Å²) in [5.74, 6) is -3.57. The number of carboxylic acid groups (broad SMARTS) is 1. The van der Waals surface area contributed by atoms with E-state index in [1.54, 1.807) is 6.92 Å². The Morgan fingerprint density at radius 1 is 1.40 bits per heavy atom. The van der Waals surface area contributed by atoms with E-state index in [1.165, 1.54) is 0 Å². The molecule has 0 aliphatic heterocycles. The molecule has 0 saturated carbocycles. The number of carbonyl (C=O) groups excluding carboxylic acids is 1. The van der Waals surface area contributed by atoms with Gasteiger partial charge in [0.25, 0.3) is 0 Å². The van der Waals surface area contributed by atoms with Crippen molar-refractivity contribution >= 4 is 11.9 Å². The lowest BCUT2D eigenvalue weighted by Gasteiger charge is -2.25. The summed E-state index contributed by atoms with van der Waals surface area (Å²) in [6, 6.07) is -1.43. The quantitative estimate of drug-likeness (QED) is 0.786. The molecule has 0 fully saturated rings. The molecule has 0 aromatic carbocycles. The largest absolute Gasteiger partial charge is 0.480 e. The molecule has 0 radical (unpaired) electrons. The van der Waals surface area contributed by atoms with Crippen molar-refractivity contribution in [3.05, 3.63) is 0 Å². The SMILES string of the molecule is CCCC(C(=O)O)N(C)C(=O)C(F)(F)F. The summed E-state index contributed by atoms with van der Waals surface area (Å²) in [7, 11) is 0.838. The maximum absolute atomic E-state index is 12.0. The molecule has 0 aliphatic carbocycles. The van der Waals surface area contributed by atoms with Gasteiger partial charge in [-0.1, -0.05) is 13.3 Å². The number of likely N-dealkylation sites (N-methyl/N-ethyl adjacent to an activating group) is 1. The Labute approximate surface area is 84.7 Å². The van der Waals surface area contributed by atoms with Gasteiger partial charge in [0.2, 0.25) is 0 Å². The van der Waals surface area contributed by atoms with E-state index in [1.807, 2.05) is 0 Å². The number of carbonyl (C=O) groups is 2. The first-order valence-electron chi connectivity index (χ1n) is 4.28. The third kappa shape index (κ3) is 3.77. The third-order valence-corrected chi connectivity index (χ3v) is 1.88. The van der Waals surface area contributed by atoms with Gasteiger partial charge in [-0.2, -0.15) is 13.2 Å². The molecule has 15 heavy (non-hydrogen) atoms. The number of amides is 1. The molecule has 1 atom stereocenters. The minimum absolute atomic E-state index is 0.00630. The van der Waals surface area contributed by atoms with Crippen molar-refractivity contribution in [2.75, 3.05) is 7.05 Å². The van der Waals surface area contributed by atoms with Gasteiger partial charge in [-0.25, -0.2) is 4.79 Å². The summed E-state index contributed by atoms with van der Waals surface area (Å²) in [4.78, 5) is 21.5. The highest BCUT2D eigenvalue weighted by molar-refractivity contribution is 5.86. The average Bonchev–Trinajstić information content (AvgIpc) is 2.09. The van der Waals surface area contributed by atoms with Gasteiger partial charge >= 0.3 is 18.1 Å². The van der Waals surface area contributed by atoms with Gasteiger partial charge in [-0.15, -0.1) is 0 Å². The molecule has 4 nitrogen and oxygen atoms in total. The van der Waals surface area contributed by atoms with Crippen molar-refractivity contribution in [3.63, 3.8) is 0 Å². The summed E-state index contributed by atoms with van der Waals surface area (Å²) >= 11 is 0. The Kier molecular flexibility index (Phi) is 4.57. The van der Waals surface area contributed by atoms with E-state index in [-0.39, 0.29) is 11.3 Å². The van der Waals surface area contributed by atoms with E-state index < -0.39 is 24.1 Å². The summed E-state index contributed by atoms with van der Waals surface area (Å²) in [5, 5.41) is 8.63. The summed E-state index contributed by atoms with van der Waals surface area (Å²) in [6.45, 7) is 1.63. The zero-order chi connectivity index (χ0) is 12.2. The zero-order valence-electron chi connectivity index (χ0n) is 8.34. The first-order chi connectivity index (χ1) is 6.71. The number of hydrogen-bond acceptors (Lipinski definition) is 2. The van der Waals surface area contributed by atoms with Gasteiger partial charge in [0.05, 0.1) is 0 Å². The Hall–Kier alpha value is -1.27. The van der Waals surface area contributed by atoms with Crippen molar-refractivity contribution in [2.24, 2.45) is 0 Å². The Bertz CT molecular complexity index is 252. The second-order valence-electron chi connectivity index (χ2n) is 3.06. The molecule has 0 aromatic rings. The van der Waals surface area contributed by atoms with Crippen LogP contribution in [-0.2, 0) is 9.59 Å². The van der Waals surface area contributed by atoms with Gasteiger partial charge < -0.3 is 10.0 Å². The van der Waals surface area contributed by atoms with E-state index in [0.717, 1.165) is 7.05 Å². The molecular formula is C8H12F3NO3. The van der Waals surface area contributed by atoms with E-state index >= 15 is 0 Å². The monoisotopic (exact) mass is 227 g/mol. The number of aliphatic carboxylic acids is 1. The van der Waals surface area contributed by atoms with Crippen LogP contribution in [0.25, 0.3) is 0 Å². The van der Waals surface area contributed by atoms with E-state index in [2.05, 4.69) is 0 Å². The number of hydrogen-bond donors (Lipinski definition) is 1. The highest BCUT2D eigenvalue weighted by Gasteiger charge is 2.44. The Morgan fingerprint density at radius 3 is 2.13 bits per heavy atom.